The molecule has 0 amide bonds. The highest BCUT2D eigenvalue weighted by atomic mass is 19.4. The second-order valence-corrected chi connectivity index (χ2v) is 7.09. The largest absolute Gasteiger partial charge is 0.433 e. The fourth-order valence-electron chi connectivity index (χ4n) is 2.69. The fourth-order valence-corrected chi connectivity index (χ4v) is 2.69. The van der Waals surface area contributed by atoms with Gasteiger partial charge >= 0.3 is 12.4 Å². The molecule has 1 fully saturated rings. The van der Waals surface area contributed by atoms with Gasteiger partial charge in [-0.05, 0) is 43.0 Å². The van der Waals surface area contributed by atoms with Crippen molar-refractivity contribution in [3.05, 3.63) is 47.9 Å². The first-order chi connectivity index (χ1) is 15.1. The van der Waals surface area contributed by atoms with Crippen LogP contribution in [-0.4, -0.2) is 31.5 Å². The van der Waals surface area contributed by atoms with Crippen molar-refractivity contribution in [2.45, 2.75) is 25.2 Å². The van der Waals surface area contributed by atoms with Crippen molar-refractivity contribution in [1.29, 1.82) is 0 Å². The molecule has 1 saturated carbocycles. The van der Waals surface area contributed by atoms with Gasteiger partial charge in [0.25, 0.3) is 0 Å². The van der Waals surface area contributed by atoms with E-state index in [9.17, 15) is 26.3 Å². The van der Waals surface area contributed by atoms with Gasteiger partial charge in [0.1, 0.15) is 17.1 Å². The van der Waals surface area contributed by atoms with Gasteiger partial charge in [-0.2, -0.15) is 41.3 Å². The summed E-state index contributed by atoms with van der Waals surface area (Å²) in [5.41, 5.74) is -2.41. The molecule has 2 N–H and O–H groups in total. The minimum absolute atomic E-state index is 0.00498. The van der Waals surface area contributed by atoms with E-state index in [1.165, 1.54) is 12.1 Å². The summed E-state index contributed by atoms with van der Waals surface area (Å²) in [5.74, 6) is 0.172. The van der Waals surface area contributed by atoms with Crippen molar-refractivity contribution in [3.63, 3.8) is 0 Å². The molecule has 3 aromatic rings. The Morgan fingerprint density at radius 2 is 1.56 bits per heavy atom. The number of nitrogens with zero attached hydrogens (tertiary/aromatic N) is 5. The summed E-state index contributed by atoms with van der Waals surface area (Å²) in [7, 11) is 0. The van der Waals surface area contributed by atoms with E-state index in [0.717, 1.165) is 37.2 Å². The van der Waals surface area contributed by atoms with Gasteiger partial charge in [0.2, 0.25) is 11.9 Å². The molecule has 0 unspecified atom stereocenters. The number of aromatic nitrogens is 5. The van der Waals surface area contributed by atoms with Gasteiger partial charge in [0.15, 0.2) is 5.82 Å². The van der Waals surface area contributed by atoms with Gasteiger partial charge in [-0.15, -0.1) is 0 Å². The maximum absolute atomic E-state index is 13.0. The standard InChI is InChI=1S/C19H15F6N7/c20-18(21,22)13-3-1-2-12(29-13)15-30-16(27-9-10-4-5-10)32-17(31-15)28-11-6-7-26-14(8-11)19(23,24)25/h1-3,6-8,10H,4-5,9H2,(H2,26,27,28,30,31,32). The number of anilines is 3. The fraction of sp³-hybridized carbons (Fsp3) is 0.316. The number of alkyl halides is 6. The topological polar surface area (TPSA) is 88.5 Å². The van der Waals surface area contributed by atoms with Crippen LogP contribution in [0.5, 0.6) is 0 Å². The monoisotopic (exact) mass is 455 g/mol. The highest BCUT2D eigenvalue weighted by Crippen LogP contribution is 2.31. The van der Waals surface area contributed by atoms with E-state index in [0.29, 0.717) is 12.5 Å². The molecule has 7 nitrogen and oxygen atoms in total. The number of rotatable bonds is 6. The minimum atomic E-state index is -4.66. The summed E-state index contributed by atoms with van der Waals surface area (Å²) in [4.78, 5) is 19.1. The normalized spacial score (nSPS) is 14.3. The van der Waals surface area contributed by atoms with E-state index in [2.05, 4.69) is 35.6 Å². The first-order valence-corrected chi connectivity index (χ1v) is 9.43. The van der Waals surface area contributed by atoms with Crippen LogP contribution in [-0.2, 0) is 12.4 Å². The molecule has 13 heteroatoms. The summed E-state index contributed by atoms with van der Waals surface area (Å²) in [6.07, 6.45) is -6.29. The van der Waals surface area contributed by atoms with Gasteiger partial charge in [0.05, 0.1) is 0 Å². The van der Waals surface area contributed by atoms with Crippen molar-refractivity contribution in [2.75, 3.05) is 17.2 Å². The first-order valence-electron chi connectivity index (χ1n) is 9.43. The molecule has 0 spiro atoms. The Balaban J connectivity index is 1.68. The predicted molar refractivity (Wildman–Crippen MR) is 102 cm³/mol. The number of halogens is 6. The zero-order chi connectivity index (χ0) is 22.9. The second-order valence-electron chi connectivity index (χ2n) is 7.09. The van der Waals surface area contributed by atoms with E-state index in [4.69, 9.17) is 0 Å². The summed E-state index contributed by atoms with van der Waals surface area (Å²) >= 11 is 0. The molecule has 32 heavy (non-hydrogen) atoms. The van der Waals surface area contributed by atoms with Crippen LogP contribution in [0, 0.1) is 5.92 Å². The molecule has 0 aromatic carbocycles. The summed E-state index contributed by atoms with van der Waals surface area (Å²) in [6.45, 7) is 0.548. The van der Waals surface area contributed by atoms with Crippen LogP contribution in [0.25, 0.3) is 11.5 Å². The average Bonchev–Trinajstić information content (AvgIpc) is 3.56. The Labute approximate surface area is 177 Å². The van der Waals surface area contributed by atoms with Crippen LogP contribution in [0.1, 0.15) is 24.2 Å². The van der Waals surface area contributed by atoms with Crippen LogP contribution >= 0.6 is 0 Å². The van der Waals surface area contributed by atoms with Crippen molar-refractivity contribution < 1.29 is 26.3 Å². The molecular weight excluding hydrogens is 440 g/mol. The number of nitrogens with one attached hydrogen (secondary N) is 2. The third-order valence-corrected chi connectivity index (χ3v) is 4.46. The van der Waals surface area contributed by atoms with Gasteiger partial charge in [-0.1, -0.05) is 6.07 Å². The average molecular weight is 455 g/mol. The molecule has 1 aliphatic rings. The Kier molecular flexibility index (Phi) is 5.57. The number of pyridine rings is 2. The number of hydrogen-bond acceptors (Lipinski definition) is 7. The quantitative estimate of drug-likeness (QED) is 0.510. The highest BCUT2D eigenvalue weighted by Gasteiger charge is 2.33. The molecule has 168 valence electrons. The Morgan fingerprint density at radius 3 is 2.25 bits per heavy atom. The van der Waals surface area contributed by atoms with E-state index in [1.807, 2.05) is 0 Å². The highest BCUT2D eigenvalue weighted by molar-refractivity contribution is 5.59. The zero-order valence-electron chi connectivity index (χ0n) is 16.2. The Morgan fingerprint density at radius 1 is 0.844 bits per heavy atom. The SMILES string of the molecule is FC(F)(F)c1cc(Nc2nc(NCC3CC3)nc(-c3cccc(C(F)(F)F)n3)n2)ccn1. The molecule has 0 saturated heterocycles. The van der Waals surface area contributed by atoms with Gasteiger partial charge < -0.3 is 10.6 Å². The molecule has 0 atom stereocenters. The smallest absolute Gasteiger partial charge is 0.354 e. The summed E-state index contributed by atoms with van der Waals surface area (Å²) in [5, 5.41) is 5.60. The lowest BCUT2D eigenvalue weighted by Crippen LogP contribution is -2.12. The Bertz CT molecular complexity index is 1110. The molecule has 0 bridgehead atoms. The summed E-state index contributed by atoms with van der Waals surface area (Å²) in [6, 6.07) is 5.32. The van der Waals surface area contributed by atoms with Gasteiger partial charge in [-0.3, -0.25) is 4.98 Å². The molecule has 0 aliphatic heterocycles. The first kappa shape index (κ1) is 21.7. The minimum Gasteiger partial charge on any atom is -0.354 e. The van der Waals surface area contributed by atoms with E-state index >= 15 is 0 Å². The molecule has 1 aliphatic carbocycles. The lowest BCUT2D eigenvalue weighted by molar-refractivity contribution is -0.141. The van der Waals surface area contributed by atoms with Gasteiger partial charge in [-0.25, -0.2) is 4.98 Å². The maximum Gasteiger partial charge on any atom is 0.433 e. The predicted octanol–water partition coefficient (Wildman–Crippen LogP) is 4.93. The van der Waals surface area contributed by atoms with Crippen molar-refractivity contribution in [2.24, 2.45) is 5.92 Å². The van der Waals surface area contributed by atoms with Crippen molar-refractivity contribution >= 4 is 17.6 Å². The van der Waals surface area contributed by atoms with Crippen LogP contribution in [0.15, 0.2) is 36.5 Å². The zero-order valence-corrected chi connectivity index (χ0v) is 16.2. The molecule has 0 radical (unpaired) electrons. The third kappa shape index (κ3) is 5.39. The lowest BCUT2D eigenvalue weighted by atomic mass is 10.3. The van der Waals surface area contributed by atoms with Crippen LogP contribution in [0.4, 0.5) is 43.9 Å². The van der Waals surface area contributed by atoms with Gasteiger partial charge in [0, 0.05) is 18.4 Å². The van der Waals surface area contributed by atoms with Crippen LogP contribution in [0.3, 0.4) is 0 Å². The van der Waals surface area contributed by atoms with Crippen LogP contribution in [0.2, 0.25) is 0 Å². The Hall–Kier alpha value is -3.51. The molecule has 4 rings (SSSR count). The molecule has 3 aromatic heterocycles. The van der Waals surface area contributed by atoms with E-state index in [-0.39, 0.29) is 29.1 Å². The van der Waals surface area contributed by atoms with E-state index < -0.39 is 23.7 Å². The van der Waals surface area contributed by atoms with Crippen LogP contribution < -0.4 is 10.6 Å². The molecule has 3 heterocycles. The summed E-state index contributed by atoms with van der Waals surface area (Å²) < 4.78 is 77.9. The van der Waals surface area contributed by atoms with E-state index in [1.54, 1.807) is 0 Å². The number of hydrogen-bond donors (Lipinski definition) is 2. The second kappa shape index (κ2) is 8.20. The molecular formula is C19H15F6N7. The lowest BCUT2D eigenvalue weighted by Gasteiger charge is -2.12. The van der Waals surface area contributed by atoms with Crippen molar-refractivity contribution in [3.8, 4) is 11.5 Å². The van der Waals surface area contributed by atoms with Crippen molar-refractivity contribution in [1.82, 2.24) is 24.9 Å². The third-order valence-electron chi connectivity index (χ3n) is 4.46. The maximum atomic E-state index is 13.0.